The van der Waals surface area contributed by atoms with Crippen molar-refractivity contribution in [3.8, 4) is 0 Å². The quantitative estimate of drug-likeness (QED) is 0.563. The summed E-state index contributed by atoms with van der Waals surface area (Å²) in [5.74, 6) is -0.284. The van der Waals surface area contributed by atoms with Crippen LogP contribution in [0.2, 0.25) is 0 Å². The summed E-state index contributed by atoms with van der Waals surface area (Å²) in [5.41, 5.74) is 2.74. The Morgan fingerprint density at radius 3 is 1.90 bits per heavy atom. The van der Waals surface area contributed by atoms with Gasteiger partial charge in [-0.1, -0.05) is 52.3 Å². The van der Waals surface area contributed by atoms with E-state index in [4.69, 9.17) is 4.74 Å². The molecule has 108 valence electrons. The second kappa shape index (κ2) is 7.23. The van der Waals surface area contributed by atoms with Crippen LogP contribution < -0.4 is 0 Å². The second-order valence-electron chi connectivity index (χ2n) is 4.96. The molecular weight excluding hydrogens is 328 g/mol. The minimum absolute atomic E-state index is 0.102. The molecule has 0 unspecified atom stereocenters. The average molecular weight is 345 g/mol. The highest BCUT2D eigenvalue weighted by Gasteiger charge is 2.07. The molecular formula is C18H17BrO2. The van der Waals surface area contributed by atoms with Crippen molar-refractivity contribution in [2.75, 3.05) is 0 Å². The Hall–Kier alpha value is -1.87. The molecule has 0 aliphatic heterocycles. The third-order valence-corrected chi connectivity index (χ3v) is 3.36. The third-order valence-electron chi connectivity index (χ3n) is 2.83. The fraction of sp³-hybridized carbons (Fsp3) is 0.167. The number of ether oxygens (including phenoxy) is 1. The number of rotatable bonds is 4. The molecule has 2 aromatic carbocycles. The zero-order valence-electron chi connectivity index (χ0n) is 12.0. The number of benzene rings is 2. The van der Waals surface area contributed by atoms with E-state index in [1.54, 1.807) is 12.1 Å². The van der Waals surface area contributed by atoms with Crippen LogP contribution in [-0.2, 0) is 4.74 Å². The first-order valence-electron chi connectivity index (χ1n) is 6.79. The molecule has 0 fully saturated rings. The number of carbonyl (C=O) groups is 1. The van der Waals surface area contributed by atoms with Crippen LogP contribution in [0, 0.1) is 0 Å². The molecule has 0 atom stereocenters. The second-order valence-corrected chi connectivity index (χ2v) is 5.88. The Labute approximate surface area is 133 Å². The van der Waals surface area contributed by atoms with E-state index in [9.17, 15) is 4.79 Å². The molecule has 0 aliphatic rings. The Balaban J connectivity index is 2.05. The van der Waals surface area contributed by atoms with Gasteiger partial charge >= 0.3 is 5.97 Å². The molecule has 0 amide bonds. The van der Waals surface area contributed by atoms with Crippen LogP contribution in [0.15, 0.2) is 53.0 Å². The maximum Gasteiger partial charge on any atom is 0.338 e. The smallest absolute Gasteiger partial charge is 0.338 e. The minimum atomic E-state index is -0.284. The summed E-state index contributed by atoms with van der Waals surface area (Å²) >= 11 is 3.41. The van der Waals surface area contributed by atoms with Crippen LogP contribution >= 0.6 is 15.9 Å². The number of hydrogen-bond acceptors (Lipinski definition) is 2. The van der Waals surface area contributed by atoms with Crippen LogP contribution in [0.5, 0.6) is 0 Å². The van der Waals surface area contributed by atoms with Gasteiger partial charge in [-0.15, -0.1) is 0 Å². The van der Waals surface area contributed by atoms with Crippen molar-refractivity contribution in [1.82, 2.24) is 0 Å². The van der Waals surface area contributed by atoms with Crippen molar-refractivity contribution < 1.29 is 9.53 Å². The first kappa shape index (κ1) is 15.5. The highest BCUT2D eigenvalue weighted by atomic mass is 79.9. The summed E-state index contributed by atoms with van der Waals surface area (Å²) in [6.07, 6.45) is 3.95. The lowest BCUT2D eigenvalue weighted by molar-refractivity contribution is 0.0378. The van der Waals surface area contributed by atoms with Gasteiger partial charge in [-0.3, -0.25) is 0 Å². The predicted octanol–water partition coefficient (Wildman–Crippen LogP) is 5.18. The van der Waals surface area contributed by atoms with E-state index in [-0.39, 0.29) is 12.1 Å². The number of carbonyl (C=O) groups excluding carboxylic acids is 1. The molecule has 2 nitrogen and oxygen atoms in total. The van der Waals surface area contributed by atoms with Crippen molar-refractivity contribution in [3.63, 3.8) is 0 Å². The average Bonchev–Trinajstić information content (AvgIpc) is 2.46. The molecule has 0 aromatic heterocycles. The van der Waals surface area contributed by atoms with Gasteiger partial charge in [0.1, 0.15) is 0 Å². The predicted molar refractivity (Wildman–Crippen MR) is 90.1 cm³/mol. The number of esters is 1. The van der Waals surface area contributed by atoms with E-state index in [0.717, 1.165) is 15.6 Å². The molecule has 0 aliphatic carbocycles. The lowest BCUT2D eigenvalue weighted by Gasteiger charge is -2.07. The lowest BCUT2D eigenvalue weighted by atomic mass is 10.1. The van der Waals surface area contributed by atoms with Gasteiger partial charge in [0, 0.05) is 4.47 Å². The maximum atomic E-state index is 11.7. The molecule has 0 heterocycles. The van der Waals surface area contributed by atoms with Gasteiger partial charge in [-0.2, -0.15) is 0 Å². The summed E-state index contributed by atoms with van der Waals surface area (Å²) in [4.78, 5) is 11.7. The first-order valence-corrected chi connectivity index (χ1v) is 7.58. The van der Waals surface area contributed by atoms with Gasteiger partial charge in [-0.25, -0.2) is 4.79 Å². The highest BCUT2D eigenvalue weighted by Crippen LogP contribution is 2.14. The first-order chi connectivity index (χ1) is 10.0. The monoisotopic (exact) mass is 344 g/mol. The molecule has 0 N–H and O–H groups in total. The normalized spacial score (nSPS) is 11.0. The van der Waals surface area contributed by atoms with Gasteiger partial charge < -0.3 is 4.74 Å². The van der Waals surface area contributed by atoms with Gasteiger partial charge in [-0.05, 0) is 49.2 Å². The van der Waals surface area contributed by atoms with E-state index in [1.165, 1.54) is 0 Å². The summed E-state index contributed by atoms with van der Waals surface area (Å²) in [6, 6.07) is 15.5. The molecule has 0 spiro atoms. The molecule has 0 bridgehead atoms. The highest BCUT2D eigenvalue weighted by molar-refractivity contribution is 9.10. The van der Waals surface area contributed by atoms with Gasteiger partial charge in [0.05, 0.1) is 11.7 Å². The third kappa shape index (κ3) is 4.87. The summed E-state index contributed by atoms with van der Waals surface area (Å²) in [7, 11) is 0. The zero-order chi connectivity index (χ0) is 15.2. The molecule has 0 radical (unpaired) electrons. The molecule has 0 saturated heterocycles. The molecule has 0 saturated carbocycles. The maximum absolute atomic E-state index is 11.7. The fourth-order valence-electron chi connectivity index (χ4n) is 1.78. The van der Waals surface area contributed by atoms with Crippen LogP contribution in [0.1, 0.15) is 35.3 Å². The van der Waals surface area contributed by atoms with E-state index in [0.29, 0.717) is 5.56 Å². The van der Waals surface area contributed by atoms with Crippen molar-refractivity contribution in [3.05, 3.63) is 69.7 Å². The SMILES string of the molecule is CC(C)OC(=O)c1ccc(C=Cc2ccc(Br)cc2)cc1. The van der Waals surface area contributed by atoms with Gasteiger partial charge in [0.15, 0.2) is 0 Å². The van der Waals surface area contributed by atoms with Crippen LogP contribution in [0.3, 0.4) is 0 Å². The topological polar surface area (TPSA) is 26.3 Å². The van der Waals surface area contributed by atoms with Gasteiger partial charge in [0.25, 0.3) is 0 Å². The molecule has 3 heteroatoms. The molecule has 21 heavy (non-hydrogen) atoms. The summed E-state index contributed by atoms with van der Waals surface area (Å²) in [5, 5.41) is 0. The standard InChI is InChI=1S/C18H17BrO2/c1-13(2)21-18(20)16-9-5-14(6-10-16)3-4-15-7-11-17(19)12-8-15/h3-13H,1-2H3. The van der Waals surface area contributed by atoms with E-state index in [2.05, 4.69) is 15.9 Å². The fourth-order valence-corrected chi connectivity index (χ4v) is 2.04. The Morgan fingerprint density at radius 2 is 1.43 bits per heavy atom. The Bertz CT molecular complexity index is 625. The van der Waals surface area contributed by atoms with Crippen LogP contribution in [0.4, 0.5) is 0 Å². The van der Waals surface area contributed by atoms with Crippen LogP contribution in [-0.4, -0.2) is 12.1 Å². The van der Waals surface area contributed by atoms with Crippen LogP contribution in [0.25, 0.3) is 12.2 Å². The number of hydrogen-bond donors (Lipinski definition) is 0. The van der Waals surface area contributed by atoms with Crippen molar-refractivity contribution in [2.24, 2.45) is 0 Å². The number of halogens is 1. The zero-order valence-corrected chi connectivity index (χ0v) is 13.6. The molecule has 2 rings (SSSR count). The van der Waals surface area contributed by atoms with Crippen molar-refractivity contribution in [1.29, 1.82) is 0 Å². The largest absolute Gasteiger partial charge is 0.459 e. The van der Waals surface area contributed by atoms with E-state index >= 15 is 0 Å². The Kier molecular flexibility index (Phi) is 5.34. The van der Waals surface area contributed by atoms with Crippen molar-refractivity contribution in [2.45, 2.75) is 20.0 Å². The summed E-state index contributed by atoms with van der Waals surface area (Å²) in [6.45, 7) is 3.68. The summed E-state index contributed by atoms with van der Waals surface area (Å²) < 4.78 is 6.22. The molecule has 2 aromatic rings. The Morgan fingerprint density at radius 1 is 0.952 bits per heavy atom. The van der Waals surface area contributed by atoms with Crippen molar-refractivity contribution >= 4 is 34.1 Å². The van der Waals surface area contributed by atoms with E-state index < -0.39 is 0 Å². The van der Waals surface area contributed by atoms with Gasteiger partial charge in [0.2, 0.25) is 0 Å². The van der Waals surface area contributed by atoms with E-state index in [1.807, 2.05) is 62.4 Å². The minimum Gasteiger partial charge on any atom is -0.459 e. The lowest BCUT2D eigenvalue weighted by Crippen LogP contribution is -2.11.